The summed E-state index contributed by atoms with van der Waals surface area (Å²) < 4.78 is 30.9. The molecule has 10 nitrogen and oxygen atoms in total. The van der Waals surface area contributed by atoms with Crippen molar-refractivity contribution in [1.29, 1.82) is 0 Å². The van der Waals surface area contributed by atoms with E-state index in [1.165, 1.54) is 0 Å². The van der Waals surface area contributed by atoms with Crippen LogP contribution in [0.1, 0.15) is 52.4 Å². The van der Waals surface area contributed by atoms with Gasteiger partial charge < -0.3 is 16.0 Å². The Hall–Kier alpha value is -4.22. The van der Waals surface area contributed by atoms with Crippen LogP contribution in [0.4, 0.5) is 5.69 Å². The second kappa shape index (κ2) is 11.8. The molecule has 2 heterocycles. The van der Waals surface area contributed by atoms with Crippen molar-refractivity contribution in [3.8, 4) is 5.69 Å². The van der Waals surface area contributed by atoms with Crippen LogP contribution in [0.3, 0.4) is 0 Å². The van der Waals surface area contributed by atoms with Crippen LogP contribution < -0.4 is 15.8 Å². The Bertz CT molecular complexity index is 1790. The summed E-state index contributed by atoms with van der Waals surface area (Å²) in [5.74, 6) is -0.689. The number of anilines is 1. The molecule has 226 valence electrons. The van der Waals surface area contributed by atoms with E-state index in [1.807, 2.05) is 71.0 Å². The first-order valence-electron chi connectivity index (χ1n) is 14.4. The molecule has 1 unspecified atom stereocenters. The van der Waals surface area contributed by atoms with Gasteiger partial charge in [0.15, 0.2) is 0 Å². The molecule has 1 saturated heterocycles. The lowest BCUT2D eigenvalue weighted by atomic mass is 10.1. The maximum atomic E-state index is 13.2. The van der Waals surface area contributed by atoms with Gasteiger partial charge in [-0.1, -0.05) is 17.7 Å². The molecule has 4 N–H and O–H groups in total. The van der Waals surface area contributed by atoms with Crippen LogP contribution in [0, 0.1) is 27.7 Å². The van der Waals surface area contributed by atoms with Gasteiger partial charge in [0.2, 0.25) is 15.9 Å². The molecule has 0 saturated carbocycles. The van der Waals surface area contributed by atoms with Gasteiger partial charge in [0.1, 0.15) is 6.04 Å². The summed E-state index contributed by atoms with van der Waals surface area (Å²) in [4.78, 5) is 26.7. The number of carbonyl (C=O) groups is 2. The fraction of sp³-hybridized carbons (Fsp3) is 0.344. The Labute approximate surface area is 252 Å². The zero-order valence-corrected chi connectivity index (χ0v) is 26.0. The van der Waals surface area contributed by atoms with Crippen LogP contribution >= 0.6 is 0 Å². The van der Waals surface area contributed by atoms with Crippen molar-refractivity contribution in [2.24, 2.45) is 5.73 Å². The number of nitrogens with one attached hydrogen (secondary N) is 2. The maximum absolute atomic E-state index is 13.2. The lowest BCUT2D eigenvalue weighted by Crippen LogP contribution is -2.43. The van der Waals surface area contributed by atoms with E-state index >= 15 is 0 Å². The Morgan fingerprint density at radius 2 is 1.67 bits per heavy atom. The highest BCUT2D eigenvalue weighted by Gasteiger charge is 2.33. The standard InChI is InChI=1S/C32H38N6O4S/c1-19-13-21(3)30(22(4)14-19)43(41,42)35-17-23(5)36-27-15-20(2)16-29-26(27)18-34-38(29)25-10-8-24(9-11-25)32(40)37-12-6-7-28(37)31(33)39/h8-11,13-16,18,23,28,35-36H,6-7,12,17H2,1-5H3,(H2,33,39)/t23-,28?/m1/s1. The topological polar surface area (TPSA) is 139 Å². The molecule has 43 heavy (non-hydrogen) atoms. The van der Waals surface area contributed by atoms with E-state index in [4.69, 9.17) is 5.73 Å². The zero-order valence-electron chi connectivity index (χ0n) is 25.1. The first-order chi connectivity index (χ1) is 20.4. The summed E-state index contributed by atoms with van der Waals surface area (Å²) in [5.41, 5.74) is 12.0. The van der Waals surface area contributed by atoms with Gasteiger partial charge in [0.25, 0.3) is 5.91 Å². The third-order valence-corrected chi connectivity index (χ3v) is 9.62. The van der Waals surface area contributed by atoms with Crippen molar-refractivity contribution in [3.05, 3.63) is 82.5 Å². The van der Waals surface area contributed by atoms with Crippen LogP contribution in [-0.2, 0) is 14.8 Å². The molecule has 1 aromatic heterocycles. The number of carbonyl (C=O) groups excluding carboxylic acids is 2. The minimum Gasteiger partial charge on any atom is -0.381 e. The Morgan fingerprint density at radius 3 is 2.33 bits per heavy atom. The third-order valence-electron chi connectivity index (χ3n) is 7.89. The third kappa shape index (κ3) is 6.14. The molecule has 2 atom stereocenters. The number of primary amides is 1. The van der Waals surface area contributed by atoms with Crippen LogP contribution in [-0.4, -0.2) is 60.1 Å². The lowest BCUT2D eigenvalue weighted by Gasteiger charge is -2.22. The van der Waals surface area contributed by atoms with Gasteiger partial charge in [0, 0.05) is 35.8 Å². The van der Waals surface area contributed by atoms with Crippen molar-refractivity contribution in [2.75, 3.05) is 18.4 Å². The van der Waals surface area contributed by atoms with E-state index in [0.717, 1.165) is 51.0 Å². The van der Waals surface area contributed by atoms with E-state index in [0.29, 0.717) is 23.4 Å². The largest absolute Gasteiger partial charge is 0.381 e. The first kappa shape index (κ1) is 30.2. The Balaban J connectivity index is 1.33. The molecule has 4 aromatic rings. The van der Waals surface area contributed by atoms with Crippen molar-refractivity contribution in [1.82, 2.24) is 19.4 Å². The molecule has 0 radical (unpaired) electrons. The van der Waals surface area contributed by atoms with Crippen molar-refractivity contribution < 1.29 is 18.0 Å². The van der Waals surface area contributed by atoms with Crippen molar-refractivity contribution in [3.63, 3.8) is 0 Å². The second-order valence-electron chi connectivity index (χ2n) is 11.5. The average molecular weight is 603 g/mol. The molecule has 3 aromatic carbocycles. The van der Waals surface area contributed by atoms with Gasteiger partial charge in [-0.3, -0.25) is 9.59 Å². The number of hydrogen-bond donors (Lipinski definition) is 3. The average Bonchev–Trinajstić information content (AvgIpc) is 3.59. The summed E-state index contributed by atoms with van der Waals surface area (Å²) in [6, 6.07) is 14.2. The molecule has 0 aliphatic carbocycles. The van der Waals surface area contributed by atoms with Crippen molar-refractivity contribution in [2.45, 2.75) is 64.4 Å². The highest BCUT2D eigenvalue weighted by atomic mass is 32.2. The number of likely N-dealkylation sites (tertiary alicyclic amines) is 1. The van der Waals surface area contributed by atoms with E-state index in [-0.39, 0.29) is 18.5 Å². The summed E-state index contributed by atoms with van der Waals surface area (Å²) in [6.45, 7) is 10.2. The van der Waals surface area contributed by atoms with Gasteiger partial charge in [0.05, 0.1) is 22.3 Å². The van der Waals surface area contributed by atoms with Crippen LogP contribution in [0.25, 0.3) is 16.6 Å². The number of sulfonamides is 1. The molecule has 0 spiro atoms. The van der Waals surface area contributed by atoms with E-state index < -0.39 is 22.0 Å². The predicted molar refractivity (Wildman–Crippen MR) is 168 cm³/mol. The van der Waals surface area contributed by atoms with Crippen molar-refractivity contribution >= 4 is 38.4 Å². The monoisotopic (exact) mass is 602 g/mol. The summed E-state index contributed by atoms with van der Waals surface area (Å²) in [5, 5.41) is 8.96. The van der Waals surface area contributed by atoms with Crippen LogP contribution in [0.5, 0.6) is 0 Å². The molecule has 2 amide bonds. The first-order valence-corrected chi connectivity index (χ1v) is 15.9. The quantitative estimate of drug-likeness (QED) is 0.263. The fourth-order valence-corrected chi connectivity index (χ4v) is 7.60. The number of benzene rings is 3. The molecule has 1 aliphatic rings. The van der Waals surface area contributed by atoms with Gasteiger partial charge in [-0.25, -0.2) is 17.8 Å². The predicted octanol–water partition coefficient (Wildman–Crippen LogP) is 4.13. The smallest absolute Gasteiger partial charge is 0.254 e. The second-order valence-corrected chi connectivity index (χ2v) is 13.2. The Morgan fingerprint density at radius 1 is 1.02 bits per heavy atom. The highest BCUT2D eigenvalue weighted by Crippen LogP contribution is 2.29. The molecular formula is C32H38N6O4S. The van der Waals surface area contributed by atoms with E-state index in [1.54, 1.807) is 27.9 Å². The molecule has 1 fully saturated rings. The normalized spacial score (nSPS) is 16.0. The molecule has 0 bridgehead atoms. The van der Waals surface area contributed by atoms with Crippen LogP contribution in [0.15, 0.2) is 59.6 Å². The van der Waals surface area contributed by atoms with Gasteiger partial charge in [-0.05, 0) is 101 Å². The summed E-state index contributed by atoms with van der Waals surface area (Å²) >= 11 is 0. The molecule has 5 rings (SSSR count). The number of aryl methyl sites for hydroxylation is 4. The fourth-order valence-electron chi connectivity index (χ4n) is 6.02. The minimum atomic E-state index is -3.69. The number of nitrogens with two attached hydrogens (primary N) is 1. The number of hydrogen-bond acceptors (Lipinski definition) is 6. The van der Waals surface area contributed by atoms with Gasteiger partial charge in [-0.2, -0.15) is 5.10 Å². The van der Waals surface area contributed by atoms with Crippen LogP contribution in [0.2, 0.25) is 0 Å². The number of aromatic nitrogens is 2. The number of fused-ring (bicyclic) bond motifs is 1. The van der Waals surface area contributed by atoms with Gasteiger partial charge in [-0.15, -0.1) is 0 Å². The number of amides is 2. The highest BCUT2D eigenvalue weighted by molar-refractivity contribution is 7.89. The van der Waals surface area contributed by atoms with Gasteiger partial charge >= 0.3 is 0 Å². The summed E-state index contributed by atoms with van der Waals surface area (Å²) in [7, 11) is -3.69. The number of rotatable bonds is 9. The zero-order chi connectivity index (χ0) is 31.1. The van der Waals surface area contributed by atoms with E-state index in [2.05, 4.69) is 15.1 Å². The maximum Gasteiger partial charge on any atom is 0.254 e. The SMILES string of the molecule is Cc1cc(C)c(S(=O)(=O)NC[C@@H](C)Nc2cc(C)cc3c2cnn3-c2ccc(C(=O)N3CCCC3C(N)=O)cc2)c(C)c1. The van der Waals surface area contributed by atoms with E-state index in [9.17, 15) is 18.0 Å². The minimum absolute atomic E-state index is 0.196. The summed E-state index contributed by atoms with van der Waals surface area (Å²) in [6.07, 6.45) is 3.11. The molecule has 11 heteroatoms. The Kier molecular flexibility index (Phi) is 8.31. The number of nitrogens with zero attached hydrogens (tertiary/aromatic N) is 3. The molecule has 1 aliphatic heterocycles. The molecular weight excluding hydrogens is 564 g/mol. The lowest BCUT2D eigenvalue weighted by molar-refractivity contribution is -0.121.